The number of carbonyl (C=O) groups excluding carboxylic acids is 1. The number of furan rings is 1. The molecule has 0 unspecified atom stereocenters. The van der Waals surface area contributed by atoms with E-state index in [9.17, 15) is 4.79 Å². The SMILES string of the molecule is O=C(NCc1ccco1)NC1(c2nc(-c3ccsc3)no2)CCCCC1. The van der Waals surface area contributed by atoms with Crippen LogP contribution in [-0.4, -0.2) is 16.2 Å². The number of aromatic nitrogens is 2. The van der Waals surface area contributed by atoms with Gasteiger partial charge >= 0.3 is 6.03 Å². The second kappa shape index (κ2) is 7.33. The van der Waals surface area contributed by atoms with Crippen LogP contribution in [0, 0.1) is 0 Å². The number of amides is 2. The monoisotopic (exact) mass is 372 g/mol. The third-order valence-electron chi connectivity index (χ3n) is 4.68. The van der Waals surface area contributed by atoms with Crippen LogP contribution >= 0.6 is 11.3 Å². The predicted molar refractivity (Wildman–Crippen MR) is 96.5 cm³/mol. The Morgan fingerprint density at radius 2 is 2.15 bits per heavy atom. The normalized spacial score (nSPS) is 16.3. The van der Waals surface area contributed by atoms with Crippen molar-refractivity contribution in [2.75, 3.05) is 0 Å². The number of nitrogens with zero attached hydrogens (tertiary/aromatic N) is 2. The Kier molecular flexibility index (Phi) is 4.75. The van der Waals surface area contributed by atoms with E-state index < -0.39 is 5.54 Å². The molecule has 2 amide bonds. The molecule has 0 spiro atoms. The van der Waals surface area contributed by atoms with E-state index in [-0.39, 0.29) is 6.03 Å². The zero-order valence-electron chi connectivity index (χ0n) is 14.2. The molecule has 0 aromatic carbocycles. The fourth-order valence-electron chi connectivity index (χ4n) is 3.32. The van der Waals surface area contributed by atoms with E-state index >= 15 is 0 Å². The Labute approximate surface area is 154 Å². The Morgan fingerprint density at radius 3 is 2.88 bits per heavy atom. The van der Waals surface area contributed by atoms with E-state index in [4.69, 9.17) is 8.94 Å². The van der Waals surface area contributed by atoms with Crippen molar-refractivity contribution in [1.29, 1.82) is 0 Å². The van der Waals surface area contributed by atoms with Gasteiger partial charge in [0.25, 0.3) is 5.89 Å². The second-order valence-corrected chi connectivity index (χ2v) is 7.25. The van der Waals surface area contributed by atoms with Gasteiger partial charge in [-0.25, -0.2) is 4.79 Å². The van der Waals surface area contributed by atoms with Crippen LogP contribution in [0.2, 0.25) is 0 Å². The molecular weight excluding hydrogens is 352 g/mol. The number of nitrogens with one attached hydrogen (secondary N) is 2. The molecule has 3 heterocycles. The Hall–Kier alpha value is -2.61. The lowest BCUT2D eigenvalue weighted by Crippen LogP contribution is -2.51. The molecule has 4 rings (SSSR count). The molecule has 1 aliphatic carbocycles. The average Bonchev–Trinajstić information content (AvgIpc) is 3.43. The average molecular weight is 372 g/mol. The minimum atomic E-state index is -0.618. The van der Waals surface area contributed by atoms with E-state index in [0.717, 1.165) is 37.7 Å². The molecule has 1 aliphatic rings. The molecule has 0 bridgehead atoms. The van der Waals surface area contributed by atoms with E-state index in [1.807, 2.05) is 22.9 Å². The van der Waals surface area contributed by atoms with E-state index in [0.29, 0.717) is 24.0 Å². The third kappa shape index (κ3) is 3.50. The molecular formula is C18H20N4O3S. The van der Waals surface area contributed by atoms with Crippen LogP contribution in [0.1, 0.15) is 43.8 Å². The summed E-state index contributed by atoms with van der Waals surface area (Å²) in [5.41, 5.74) is 0.311. The van der Waals surface area contributed by atoms with Crippen LogP contribution in [0.25, 0.3) is 11.4 Å². The molecule has 1 saturated carbocycles. The summed E-state index contributed by atoms with van der Waals surface area (Å²) in [7, 11) is 0. The molecule has 8 heteroatoms. The zero-order valence-corrected chi connectivity index (χ0v) is 15.1. The molecule has 0 saturated heterocycles. The van der Waals surface area contributed by atoms with Gasteiger partial charge in [0.15, 0.2) is 0 Å². The molecule has 0 radical (unpaired) electrons. The third-order valence-corrected chi connectivity index (χ3v) is 5.36. The number of carbonyl (C=O) groups is 1. The molecule has 7 nitrogen and oxygen atoms in total. The molecule has 2 N–H and O–H groups in total. The molecule has 26 heavy (non-hydrogen) atoms. The van der Waals surface area contributed by atoms with Crippen LogP contribution in [0.5, 0.6) is 0 Å². The molecule has 136 valence electrons. The summed E-state index contributed by atoms with van der Waals surface area (Å²) >= 11 is 1.58. The fraction of sp³-hybridized carbons (Fsp3) is 0.389. The lowest BCUT2D eigenvalue weighted by Gasteiger charge is -2.34. The van der Waals surface area contributed by atoms with Gasteiger partial charge in [0.05, 0.1) is 12.8 Å². The van der Waals surface area contributed by atoms with E-state index in [2.05, 4.69) is 20.8 Å². The van der Waals surface area contributed by atoms with E-state index in [1.165, 1.54) is 0 Å². The first-order valence-corrected chi connectivity index (χ1v) is 9.65. The lowest BCUT2D eigenvalue weighted by molar-refractivity contribution is 0.167. The summed E-state index contributed by atoms with van der Waals surface area (Å²) in [6.07, 6.45) is 6.31. The van der Waals surface area contributed by atoms with Gasteiger partial charge in [0, 0.05) is 10.9 Å². The second-order valence-electron chi connectivity index (χ2n) is 6.46. The van der Waals surface area contributed by atoms with Crippen LogP contribution in [0.15, 0.2) is 44.2 Å². The highest BCUT2D eigenvalue weighted by Crippen LogP contribution is 2.37. The van der Waals surface area contributed by atoms with Gasteiger partial charge in [0.2, 0.25) is 5.82 Å². The number of hydrogen-bond donors (Lipinski definition) is 2. The molecule has 1 fully saturated rings. The van der Waals surface area contributed by atoms with Crippen LogP contribution in [0.3, 0.4) is 0 Å². The Morgan fingerprint density at radius 1 is 1.27 bits per heavy atom. The van der Waals surface area contributed by atoms with Crippen LogP contribution in [0.4, 0.5) is 4.79 Å². The van der Waals surface area contributed by atoms with Gasteiger partial charge in [-0.3, -0.25) is 0 Å². The minimum absolute atomic E-state index is 0.265. The van der Waals surface area contributed by atoms with Crippen LogP contribution in [-0.2, 0) is 12.1 Å². The summed E-state index contributed by atoms with van der Waals surface area (Å²) in [5, 5.41) is 14.0. The molecule has 3 aromatic heterocycles. The van der Waals surface area contributed by atoms with Gasteiger partial charge in [0.1, 0.15) is 11.3 Å². The minimum Gasteiger partial charge on any atom is -0.467 e. The maximum atomic E-state index is 12.5. The van der Waals surface area contributed by atoms with Crippen molar-refractivity contribution in [3.05, 3.63) is 46.9 Å². The Bertz CT molecular complexity index is 836. The number of hydrogen-bond acceptors (Lipinski definition) is 6. The first kappa shape index (κ1) is 16.8. The largest absolute Gasteiger partial charge is 0.467 e. The summed E-state index contributed by atoms with van der Waals surface area (Å²) in [6.45, 7) is 0.332. The van der Waals surface area contributed by atoms with Crippen molar-refractivity contribution in [2.24, 2.45) is 0 Å². The quantitative estimate of drug-likeness (QED) is 0.705. The maximum Gasteiger partial charge on any atom is 0.316 e. The summed E-state index contributed by atoms with van der Waals surface area (Å²) in [4.78, 5) is 17.0. The molecule has 0 aliphatic heterocycles. The number of rotatable bonds is 5. The van der Waals surface area contributed by atoms with Crippen LogP contribution < -0.4 is 10.6 Å². The zero-order chi connectivity index (χ0) is 17.8. The van der Waals surface area contributed by atoms with Gasteiger partial charge in [-0.15, -0.1) is 0 Å². The highest BCUT2D eigenvalue weighted by molar-refractivity contribution is 7.08. The summed E-state index contributed by atoms with van der Waals surface area (Å²) in [5.74, 6) is 1.74. The highest BCUT2D eigenvalue weighted by Gasteiger charge is 2.40. The van der Waals surface area contributed by atoms with Crippen molar-refractivity contribution >= 4 is 17.4 Å². The maximum absolute atomic E-state index is 12.5. The smallest absolute Gasteiger partial charge is 0.316 e. The fourth-order valence-corrected chi connectivity index (χ4v) is 3.95. The predicted octanol–water partition coefficient (Wildman–Crippen LogP) is 4.05. The first-order valence-electron chi connectivity index (χ1n) is 8.70. The van der Waals surface area contributed by atoms with Crippen molar-refractivity contribution in [2.45, 2.75) is 44.2 Å². The van der Waals surface area contributed by atoms with Crippen molar-refractivity contribution in [3.63, 3.8) is 0 Å². The molecule has 0 atom stereocenters. The number of thiophene rings is 1. The first-order chi connectivity index (χ1) is 12.8. The topological polar surface area (TPSA) is 93.2 Å². The van der Waals surface area contributed by atoms with Gasteiger partial charge in [-0.2, -0.15) is 16.3 Å². The van der Waals surface area contributed by atoms with Crippen molar-refractivity contribution in [1.82, 2.24) is 20.8 Å². The van der Waals surface area contributed by atoms with Gasteiger partial charge in [-0.05, 0) is 36.4 Å². The lowest BCUT2D eigenvalue weighted by atomic mass is 9.81. The van der Waals surface area contributed by atoms with Crippen molar-refractivity contribution < 1.29 is 13.7 Å². The highest BCUT2D eigenvalue weighted by atomic mass is 32.1. The van der Waals surface area contributed by atoms with Gasteiger partial charge < -0.3 is 19.6 Å². The van der Waals surface area contributed by atoms with Crippen molar-refractivity contribution in [3.8, 4) is 11.4 Å². The van der Waals surface area contributed by atoms with Gasteiger partial charge in [-0.1, -0.05) is 24.4 Å². The molecule has 3 aromatic rings. The Balaban J connectivity index is 1.51. The summed E-state index contributed by atoms with van der Waals surface area (Å²) in [6, 6.07) is 5.30. The number of urea groups is 1. The van der Waals surface area contributed by atoms with E-state index in [1.54, 1.807) is 23.7 Å². The standard InChI is InChI=1S/C18H20N4O3S/c23-17(19-11-14-5-4-9-24-14)21-18(7-2-1-3-8-18)16-20-15(22-25-16)13-6-10-26-12-13/h4-6,9-10,12H,1-3,7-8,11H2,(H2,19,21,23). The summed E-state index contributed by atoms with van der Waals surface area (Å²) < 4.78 is 10.8.